The van der Waals surface area contributed by atoms with Gasteiger partial charge in [-0.1, -0.05) is 26.0 Å². The molecule has 0 bridgehead atoms. The molecular weight excluding hydrogens is 278 g/mol. The van der Waals surface area contributed by atoms with E-state index in [0.717, 1.165) is 38.9 Å². The van der Waals surface area contributed by atoms with Gasteiger partial charge in [-0.2, -0.15) is 0 Å². The maximum absolute atomic E-state index is 10.3. The summed E-state index contributed by atoms with van der Waals surface area (Å²) >= 11 is 1.80. The normalized spacial score (nSPS) is 19.1. The first-order chi connectivity index (χ1) is 10.1. The minimum absolute atomic E-state index is 0.105. The molecule has 118 valence electrons. The summed E-state index contributed by atoms with van der Waals surface area (Å²) < 4.78 is 0. The molecule has 0 amide bonds. The first kappa shape index (κ1) is 16.9. The molecule has 1 aromatic rings. The van der Waals surface area contributed by atoms with E-state index in [9.17, 15) is 5.11 Å². The van der Waals surface area contributed by atoms with Crippen LogP contribution >= 0.6 is 11.8 Å². The lowest BCUT2D eigenvalue weighted by atomic mass is 9.87. The molecule has 1 N–H and O–H groups in total. The Morgan fingerprint density at radius 3 is 2.62 bits per heavy atom. The molecular formula is C18H29NOS. The van der Waals surface area contributed by atoms with Gasteiger partial charge in [-0.3, -0.25) is 4.90 Å². The molecule has 1 aliphatic rings. The zero-order chi connectivity index (χ0) is 15.2. The highest BCUT2D eigenvalue weighted by Crippen LogP contribution is 2.26. The van der Waals surface area contributed by atoms with Crippen LogP contribution in [0.2, 0.25) is 0 Å². The van der Waals surface area contributed by atoms with Crippen LogP contribution in [0.1, 0.15) is 38.7 Å². The predicted molar refractivity (Wildman–Crippen MR) is 91.7 cm³/mol. The molecule has 0 aromatic heterocycles. The van der Waals surface area contributed by atoms with Gasteiger partial charge in [-0.25, -0.2) is 0 Å². The number of piperidine rings is 1. The molecule has 1 aliphatic heterocycles. The summed E-state index contributed by atoms with van der Waals surface area (Å²) in [4.78, 5) is 3.87. The molecule has 2 nitrogen and oxygen atoms in total. The molecule has 21 heavy (non-hydrogen) atoms. The van der Waals surface area contributed by atoms with Gasteiger partial charge in [0.15, 0.2) is 0 Å². The van der Waals surface area contributed by atoms with E-state index in [4.69, 9.17) is 0 Å². The number of hydrogen-bond donors (Lipinski definition) is 1. The van der Waals surface area contributed by atoms with Gasteiger partial charge in [-0.15, -0.1) is 11.8 Å². The van der Waals surface area contributed by atoms with Crippen molar-refractivity contribution in [2.45, 2.75) is 50.7 Å². The molecule has 2 rings (SSSR count). The van der Waals surface area contributed by atoms with Gasteiger partial charge in [-0.05, 0) is 68.1 Å². The quantitative estimate of drug-likeness (QED) is 0.803. The average molecular weight is 308 g/mol. The van der Waals surface area contributed by atoms with E-state index < -0.39 is 0 Å². The molecule has 1 fully saturated rings. The first-order valence-electron chi connectivity index (χ1n) is 8.12. The minimum Gasteiger partial charge on any atom is -0.393 e. The second-order valence-electron chi connectivity index (χ2n) is 6.66. The fourth-order valence-corrected chi connectivity index (χ4v) is 3.68. The monoisotopic (exact) mass is 307 g/mol. The van der Waals surface area contributed by atoms with Crippen molar-refractivity contribution in [1.82, 2.24) is 4.90 Å². The lowest BCUT2D eigenvalue weighted by molar-refractivity contribution is 0.0436. The zero-order valence-corrected chi connectivity index (χ0v) is 14.4. The Balaban J connectivity index is 1.81. The van der Waals surface area contributed by atoms with E-state index in [-0.39, 0.29) is 6.10 Å². The molecule has 1 atom stereocenters. The SMILES string of the molecule is CSc1cccc(CN2CCC([C@@H](O)CC(C)C)CC2)c1. The highest BCUT2D eigenvalue weighted by atomic mass is 32.2. The number of aliphatic hydroxyl groups is 1. The second kappa shape index (κ2) is 8.21. The van der Waals surface area contributed by atoms with Gasteiger partial charge < -0.3 is 5.11 Å². The lowest BCUT2D eigenvalue weighted by Crippen LogP contribution is -2.37. The smallest absolute Gasteiger partial charge is 0.0571 e. The van der Waals surface area contributed by atoms with Crippen molar-refractivity contribution in [3.63, 3.8) is 0 Å². The van der Waals surface area contributed by atoms with Gasteiger partial charge in [0, 0.05) is 11.4 Å². The highest BCUT2D eigenvalue weighted by molar-refractivity contribution is 7.98. The van der Waals surface area contributed by atoms with E-state index in [2.05, 4.69) is 49.3 Å². The number of thioether (sulfide) groups is 1. The third-order valence-electron chi connectivity index (χ3n) is 4.43. The summed E-state index contributed by atoms with van der Waals surface area (Å²) in [6.45, 7) is 7.65. The number of aliphatic hydroxyl groups excluding tert-OH is 1. The molecule has 1 heterocycles. The van der Waals surface area contributed by atoms with Crippen molar-refractivity contribution in [1.29, 1.82) is 0 Å². The number of nitrogens with zero attached hydrogens (tertiary/aromatic N) is 1. The van der Waals surface area contributed by atoms with Gasteiger partial charge in [0.1, 0.15) is 0 Å². The maximum Gasteiger partial charge on any atom is 0.0571 e. The van der Waals surface area contributed by atoms with Crippen LogP contribution in [0.25, 0.3) is 0 Å². The predicted octanol–water partition coefficient (Wildman–Crippen LogP) is 4.03. The Labute approximate surface area is 133 Å². The van der Waals surface area contributed by atoms with Crippen molar-refractivity contribution < 1.29 is 5.11 Å². The Hall–Kier alpha value is -0.510. The topological polar surface area (TPSA) is 23.5 Å². The summed E-state index contributed by atoms with van der Waals surface area (Å²) in [6, 6.07) is 8.84. The van der Waals surface area contributed by atoms with Gasteiger partial charge >= 0.3 is 0 Å². The van der Waals surface area contributed by atoms with Crippen LogP contribution in [0.15, 0.2) is 29.2 Å². The number of likely N-dealkylation sites (tertiary alicyclic amines) is 1. The fourth-order valence-electron chi connectivity index (χ4n) is 3.20. The van der Waals surface area contributed by atoms with Crippen molar-refractivity contribution >= 4 is 11.8 Å². The lowest BCUT2D eigenvalue weighted by Gasteiger charge is -2.34. The third kappa shape index (κ3) is 5.32. The molecule has 1 aromatic carbocycles. The fraction of sp³-hybridized carbons (Fsp3) is 0.667. The van der Waals surface area contributed by atoms with Crippen LogP contribution < -0.4 is 0 Å². The van der Waals surface area contributed by atoms with Crippen LogP contribution in [0, 0.1) is 11.8 Å². The third-order valence-corrected chi connectivity index (χ3v) is 5.15. The molecule has 0 saturated carbocycles. The van der Waals surface area contributed by atoms with Gasteiger partial charge in [0.2, 0.25) is 0 Å². The van der Waals surface area contributed by atoms with Crippen LogP contribution in [0.5, 0.6) is 0 Å². The molecule has 3 heteroatoms. The Bertz CT molecular complexity index is 427. The molecule has 0 unspecified atom stereocenters. The van der Waals surface area contributed by atoms with E-state index in [1.807, 2.05) is 0 Å². The van der Waals surface area contributed by atoms with Gasteiger partial charge in [0.25, 0.3) is 0 Å². The maximum atomic E-state index is 10.3. The van der Waals surface area contributed by atoms with Crippen molar-refractivity contribution in [2.75, 3.05) is 19.3 Å². The number of benzene rings is 1. The van der Waals surface area contributed by atoms with Crippen molar-refractivity contribution in [3.8, 4) is 0 Å². The van der Waals surface area contributed by atoms with Gasteiger partial charge in [0.05, 0.1) is 6.10 Å². The zero-order valence-electron chi connectivity index (χ0n) is 13.6. The molecule has 0 radical (unpaired) electrons. The van der Waals surface area contributed by atoms with Crippen molar-refractivity contribution in [2.24, 2.45) is 11.8 Å². The summed E-state index contributed by atoms with van der Waals surface area (Å²) in [5.41, 5.74) is 1.41. The Morgan fingerprint density at radius 2 is 2.00 bits per heavy atom. The standard InChI is InChI=1S/C18H29NOS/c1-14(2)11-18(20)16-7-9-19(10-8-16)13-15-5-4-6-17(12-15)21-3/h4-6,12,14,16,18,20H,7-11,13H2,1-3H3/t18-/m0/s1. The van der Waals surface area contributed by atoms with Crippen molar-refractivity contribution in [3.05, 3.63) is 29.8 Å². The van der Waals surface area contributed by atoms with E-state index in [1.165, 1.54) is 10.5 Å². The largest absolute Gasteiger partial charge is 0.393 e. The number of hydrogen-bond acceptors (Lipinski definition) is 3. The average Bonchev–Trinajstić information content (AvgIpc) is 2.47. The van der Waals surface area contributed by atoms with E-state index >= 15 is 0 Å². The molecule has 0 aliphatic carbocycles. The summed E-state index contributed by atoms with van der Waals surface area (Å²) in [7, 11) is 0. The minimum atomic E-state index is -0.105. The van der Waals surface area contributed by atoms with Crippen LogP contribution in [-0.2, 0) is 6.54 Å². The summed E-state index contributed by atoms with van der Waals surface area (Å²) in [5.74, 6) is 1.09. The number of rotatable bonds is 6. The highest BCUT2D eigenvalue weighted by Gasteiger charge is 2.25. The van der Waals surface area contributed by atoms with Crippen LogP contribution in [0.3, 0.4) is 0 Å². The van der Waals surface area contributed by atoms with Crippen LogP contribution in [0.4, 0.5) is 0 Å². The summed E-state index contributed by atoms with van der Waals surface area (Å²) in [5, 5.41) is 10.3. The first-order valence-corrected chi connectivity index (χ1v) is 9.34. The molecule has 1 saturated heterocycles. The van der Waals surface area contributed by atoms with E-state index in [0.29, 0.717) is 11.8 Å². The summed E-state index contributed by atoms with van der Waals surface area (Å²) in [6.07, 6.45) is 5.24. The Kier molecular flexibility index (Phi) is 6.59. The molecule has 0 spiro atoms. The van der Waals surface area contributed by atoms with Crippen LogP contribution in [-0.4, -0.2) is 35.5 Å². The van der Waals surface area contributed by atoms with E-state index in [1.54, 1.807) is 11.8 Å². The Morgan fingerprint density at radius 1 is 1.29 bits per heavy atom. The second-order valence-corrected chi connectivity index (χ2v) is 7.54.